The van der Waals surface area contributed by atoms with E-state index in [4.69, 9.17) is 9.73 Å². The summed E-state index contributed by atoms with van der Waals surface area (Å²) in [5.74, 6) is 0.978. The quantitative estimate of drug-likeness (QED) is 0.398. The normalized spacial score (nSPS) is 20.3. The minimum atomic E-state index is 0. The molecule has 1 fully saturated rings. The van der Waals surface area contributed by atoms with Crippen molar-refractivity contribution in [2.24, 2.45) is 4.99 Å². The smallest absolute Gasteiger partial charge is 0.194 e. The lowest BCUT2D eigenvalue weighted by Crippen LogP contribution is -2.49. The fourth-order valence-corrected chi connectivity index (χ4v) is 3.58. The van der Waals surface area contributed by atoms with Gasteiger partial charge in [-0.2, -0.15) is 11.3 Å². The van der Waals surface area contributed by atoms with Crippen LogP contribution >= 0.6 is 35.3 Å². The van der Waals surface area contributed by atoms with Crippen molar-refractivity contribution in [1.82, 2.24) is 15.1 Å². The Hall–Kier alpha value is -0.380. The summed E-state index contributed by atoms with van der Waals surface area (Å²) in [6.07, 6.45) is 0. The van der Waals surface area contributed by atoms with Gasteiger partial charge in [-0.15, -0.1) is 24.0 Å². The molecular formula is C17H31IN4OS. The van der Waals surface area contributed by atoms with Crippen LogP contribution in [-0.4, -0.2) is 67.7 Å². The highest BCUT2D eigenvalue weighted by Crippen LogP contribution is 2.12. The maximum Gasteiger partial charge on any atom is 0.194 e. The highest BCUT2D eigenvalue weighted by molar-refractivity contribution is 14.0. The monoisotopic (exact) mass is 466 g/mol. The number of hydrogen-bond donors (Lipinski definition) is 1. The minimum Gasteiger partial charge on any atom is -0.379 e. The first kappa shape index (κ1) is 21.7. The lowest BCUT2D eigenvalue weighted by atomic mass is 10.2. The van der Waals surface area contributed by atoms with E-state index in [9.17, 15) is 0 Å². The molecule has 0 aromatic carbocycles. The van der Waals surface area contributed by atoms with Gasteiger partial charge in [0.2, 0.25) is 0 Å². The van der Waals surface area contributed by atoms with E-state index in [-0.39, 0.29) is 24.0 Å². The van der Waals surface area contributed by atoms with E-state index in [1.807, 2.05) is 0 Å². The minimum absolute atomic E-state index is 0. The third kappa shape index (κ3) is 6.50. The molecule has 0 aliphatic carbocycles. The van der Waals surface area contributed by atoms with Gasteiger partial charge >= 0.3 is 0 Å². The SMILES string of the molecule is CCNC(=NCC(C)N1CCOCC1C)N(C)Cc1ccsc1.I. The molecule has 0 bridgehead atoms. The Morgan fingerprint density at radius 2 is 2.38 bits per heavy atom. The Balaban J connectivity index is 0.00000288. The van der Waals surface area contributed by atoms with E-state index >= 15 is 0 Å². The Morgan fingerprint density at radius 1 is 1.58 bits per heavy atom. The van der Waals surface area contributed by atoms with Gasteiger partial charge < -0.3 is 15.0 Å². The number of rotatable bonds is 6. The second-order valence-corrected chi connectivity index (χ2v) is 6.97. The number of morpholine rings is 1. The molecule has 2 unspecified atom stereocenters. The number of ether oxygens (including phenoxy) is 1. The van der Waals surface area contributed by atoms with Gasteiger partial charge in [0, 0.05) is 38.8 Å². The summed E-state index contributed by atoms with van der Waals surface area (Å²) in [6.45, 7) is 11.8. The van der Waals surface area contributed by atoms with Gasteiger partial charge in [0.25, 0.3) is 0 Å². The second-order valence-electron chi connectivity index (χ2n) is 6.19. The number of hydrogen-bond acceptors (Lipinski definition) is 4. The number of aliphatic imine (C=N–C) groups is 1. The molecule has 7 heteroatoms. The average molecular weight is 466 g/mol. The summed E-state index contributed by atoms with van der Waals surface area (Å²) in [6, 6.07) is 3.07. The summed E-state index contributed by atoms with van der Waals surface area (Å²) in [7, 11) is 2.10. The lowest BCUT2D eigenvalue weighted by molar-refractivity contribution is -0.0166. The van der Waals surface area contributed by atoms with Gasteiger partial charge in [0.05, 0.1) is 19.8 Å². The van der Waals surface area contributed by atoms with Crippen LogP contribution < -0.4 is 5.32 Å². The van der Waals surface area contributed by atoms with Gasteiger partial charge in [0.15, 0.2) is 5.96 Å². The zero-order valence-electron chi connectivity index (χ0n) is 15.2. The van der Waals surface area contributed by atoms with E-state index in [0.29, 0.717) is 12.1 Å². The number of nitrogens with one attached hydrogen (secondary N) is 1. The van der Waals surface area contributed by atoms with Crippen molar-refractivity contribution in [3.63, 3.8) is 0 Å². The third-order valence-electron chi connectivity index (χ3n) is 4.19. The van der Waals surface area contributed by atoms with Crippen LogP contribution in [0.5, 0.6) is 0 Å². The molecular weight excluding hydrogens is 435 g/mol. The van der Waals surface area contributed by atoms with Crippen LogP contribution in [0.25, 0.3) is 0 Å². The highest BCUT2D eigenvalue weighted by atomic mass is 127. The molecule has 2 atom stereocenters. The van der Waals surface area contributed by atoms with Crippen molar-refractivity contribution in [3.05, 3.63) is 22.4 Å². The van der Waals surface area contributed by atoms with Crippen LogP contribution in [0, 0.1) is 0 Å². The summed E-state index contributed by atoms with van der Waals surface area (Å²) in [5, 5.41) is 7.71. The van der Waals surface area contributed by atoms with Gasteiger partial charge in [-0.05, 0) is 43.2 Å². The van der Waals surface area contributed by atoms with Crippen molar-refractivity contribution >= 4 is 41.3 Å². The zero-order chi connectivity index (χ0) is 16.7. The Labute approximate surface area is 167 Å². The van der Waals surface area contributed by atoms with Crippen LogP contribution in [0.4, 0.5) is 0 Å². The Morgan fingerprint density at radius 3 is 3.00 bits per heavy atom. The predicted octanol–water partition coefficient (Wildman–Crippen LogP) is 2.87. The van der Waals surface area contributed by atoms with Crippen molar-refractivity contribution in [3.8, 4) is 0 Å². The molecule has 2 heterocycles. The maximum absolute atomic E-state index is 5.53. The van der Waals surface area contributed by atoms with E-state index in [1.165, 1.54) is 5.56 Å². The molecule has 5 nitrogen and oxygen atoms in total. The summed E-state index contributed by atoms with van der Waals surface area (Å²) < 4.78 is 5.53. The van der Waals surface area contributed by atoms with Crippen LogP contribution in [0.15, 0.2) is 21.8 Å². The standard InChI is InChI=1S/C17H30N4OS.HI/c1-5-18-17(20(4)11-16-6-9-23-13-16)19-10-14(2)21-7-8-22-12-15(21)3;/h6,9,13-15H,5,7-8,10-12H2,1-4H3,(H,18,19);1H. The van der Waals surface area contributed by atoms with Crippen molar-refractivity contribution in [2.75, 3.05) is 39.9 Å². The predicted molar refractivity (Wildman–Crippen MR) is 114 cm³/mol. The molecule has 2 rings (SSSR count). The van der Waals surface area contributed by atoms with E-state index < -0.39 is 0 Å². The first-order valence-corrected chi connectivity index (χ1v) is 9.40. The van der Waals surface area contributed by atoms with Crippen molar-refractivity contribution < 1.29 is 4.74 Å². The zero-order valence-corrected chi connectivity index (χ0v) is 18.3. The van der Waals surface area contributed by atoms with E-state index in [1.54, 1.807) is 11.3 Å². The van der Waals surface area contributed by atoms with Gasteiger partial charge in [-0.25, -0.2) is 0 Å². The molecule has 1 aromatic heterocycles. The maximum atomic E-state index is 5.53. The third-order valence-corrected chi connectivity index (χ3v) is 4.92. The van der Waals surface area contributed by atoms with Gasteiger partial charge in [0.1, 0.15) is 0 Å². The van der Waals surface area contributed by atoms with Crippen molar-refractivity contribution in [2.45, 2.75) is 39.4 Å². The second kappa shape index (κ2) is 11.3. The molecule has 1 N–H and O–H groups in total. The molecule has 138 valence electrons. The Kier molecular flexibility index (Phi) is 10.2. The lowest BCUT2D eigenvalue weighted by Gasteiger charge is -2.37. The first-order valence-electron chi connectivity index (χ1n) is 8.45. The molecule has 0 amide bonds. The molecule has 1 aliphatic heterocycles. The van der Waals surface area contributed by atoms with Crippen LogP contribution in [0.1, 0.15) is 26.3 Å². The number of halogens is 1. The van der Waals surface area contributed by atoms with Crippen molar-refractivity contribution in [1.29, 1.82) is 0 Å². The topological polar surface area (TPSA) is 40.1 Å². The molecule has 0 saturated carbocycles. The summed E-state index contributed by atoms with van der Waals surface area (Å²) >= 11 is 1.74. The average Bonchev–Trinajstić information content (AvgIpc) is 3.04. The highest BCUT2D eigenvalue weighted by Gasteiger charge is 2.23. The summed E-state index contributed by atoms with van der Waals surface area (Å²) in [5.41, 5.74) is 1.33. The van der Waals surface area contributed by atoms with Crippen LogP contribution in [0.2, 0.25) is 0 Å². The van der Waals surface area contributed by atoms with Gasteiger partial charge in [-0.3, -0.25) is 9.89 Å². The number of guanidine groups is 1. The molecule has 24 heavy (non-hydrogen) atoms. The first-order chi connectivity index (χ1) is 11.1. The Bertz CT molecular complexity index is 483. The van der Waals surface area contributed by atoms with E-state index in [2.05, 4.69) is 59.8 Å². The van der Waals surface area contributed by atoms with Crippen LogP contribution in [-0.2, 0) is 11.3 Å². The number of nitrogens with zero attached hydrogens (tertiary/aromatic N) is 3. The number of thiophene rings is 1. The van der Waals surface area contributed by atoms with E-state index in [0.717, 1.165) is 45.4 Å². The molecule has 1 saturated heterocycles. The summed E-state index contributed by atoms with van der Waals surface area (Å²) in [4.78, 5) is 9.55. The molecule has 1 aliphatic rings. The fraction of sp³-hybridized carbons (Fsp3) is 0.706. The van der Waals surface area contributed by atoms with Crippen LogP contribution in [0.3, 0.4) is 0 Å². The molecule has 1 aromatic rings. The molecule has 0 radical (unpaired) electrons. The van der Waals surface area contributed by atoms with Gasteiger partial charge in [-0.1, -0.05) is 0 Å². The fourth-order valence-electron chi connectivity index (χ4n) is 2.92. The molecule has 0 spiro atoms. The largest absolute Gasteiger partial charge is 0.379 e.